The molecule has 2 rings (SSSR count). The molecule has 17 heavy (non-hydrogen) atoms. The van der Waals surface area contributed by atoms with Crippen molar-refractivity contribution in [1.29, 1.82) is 0 Å². The molecular formula is C12H16BrClN2O. The Hall–Kier alpha value is -0.580. The van der Waals surface area contributed by atoms with Gasteiger partial charge < -0.3 is 10.6 Å². The van der Waals surface area contributed by atoms with Crippen LogP contribution in [0.15, 0.2) is 22.7 Å². The van der Waals surface area contributed by atoms with Crippen LogP contribution >= 0.6 is 28.3 Å². The molecule has 1 fully saturated rings. The fourth-order valence-electron chi connectivity index (χ4n) is 1.57. The summed E-state index contributed by atoms with van der Waals surface area (Å²) in [5.74, 6) is 0.602. The molecule has 1 aromatic rings. The molecule has 0 saturated carbocycles. The highest BCUT2D eigenvalue weighted by molar-refractivity contribution is 9.10. The maximum atomic E-state index is 11.8. The van der Waals surface area contributed by atoms with Crippen molar-refractivity contribution in [1.82, 2.24) is 10.6 Å². The molecule has 1 aliphatic heterocycles. The van der Waals surface area contributed by atoms with Crippen LogP contribution in [0.2, 0.25) is 0 Å². The minimum absolute atomic E-state index is 0. The Kier molecular flexibility index (Phi) is 5.43. The number of hydrogen-bond donors (Lipinski definition) is 2. The smallest absolute Gasteiger partial charge is 0.251 e. The van der Waals surface area contributed by atoms with Gasteiger partial charge in [-0.25, -0.2) is 0 Å². The molecule has 1 saturated heterocycles. The average Bonchev–Trinajstić information content (AvgIpc) is 2.19. The van der Waals surface area contributed by atoms with Crippen LogP contribution in [0.1, 0.15) is 15.9 Å². The quantitative estimate of drug-likeness (QED) is 0.896. The summed E-state index contributed by atoms with van der Waals surface area (Å²) < 4.78 is 0.977. The van der Waals surface area contributed by atoms with E-state index in [2.05, 4.69) is 26.6 Å². The van der Waals surface area contributed by atoms with Gasteiger partial charge >= 0.3 is 0 Å². The Labute approximate surface area is 116 Å². The molecule has 94 valence electrons. The van der Waals surface area contributed by atoms with E-state index < -0.39 is 0 Å². The first-order valence-electron chi connectivity index (χ1n) is 5.42. The zero-order valence-corrected chi connectivity index (χ0v) is 12.0. The van der Waals surface area contributed by atoms with E-state index in [4.69, 9.17) is 0 Å². The largest absolute Gasteiger partial charge is 0.352 e. The number of carbonyl (C=O) groups is 1. The molecule has 1 aromatic carbocycles. The first-order chi connectivity index (χ1) is 7.66. The summed E-state index contributed by atoms with van der Waals surface area (Å²) >= 11 is 3.43. The molecule has 0 aromatic heterocycles. The Bertz CT molecular complexity index is 407. The molecule has 0 unspecified atom stereocenters. The first-order valence-corrected chi connectivity index (χ1v) is 6.21. The number of rotatable bonds is 3. The third kappa shape index (κ3) is 3.69. The third-order valence-electron chi connectivity index (χ3n) is 2.85. The summed E-state index contributed by atoms with van der Waals surface area (Å²) in [6.07, 6.45) is 0. The predicted molar refractivity (Wildman–Crippen MR) is 74.8 cm³/mol. The molecule has 0 aliphatic carbocycles. The van der Waals surface area contributed by atoms with Gasteiger partial charge in [-0.1, -0.05) is 22.0 Å². The fourth-order valence-corrected chi connectivity index (χ4v) is 1.94. The second kappa shape index (κ2) is 6.38. The lowest BCUT2D eigenvalue weighted by molar-refractivity contribution is 0.0942. The van der Waals surface area contributed by atoms with Crippen molar-refractivity contribution in [2.75, 3.05) is 19.6 Å². The van der Waals surface area contributed by atoms with Gasteiger partial charge in [-0.2, -0.15) is 0 Å². The van der Waals surface area contributed by atoms with Crippen molar-refractivity contribution < 1.29 is 4.79 Å². The van der Waals surface area contributed by atoms with Crippen molar-refractivity contribution in [2.24, 2.45) is 5.92 Å². The van der Waals surface area contributed by atoms with Crippen molar-refractivity contribution in [3.05, 3.63) is 33.8 Å². The van der Waals surface area contributed by atoms with E-state index in [1.54, 1.807) is 0 Å². The lowest BCUT2D eigenvalue weighted by Crippen LogP contribution is -2.48. The van der Waals surface area contributed by atoms with E-state index in [1.165, 1.54) is 0 Å². The molecular weight excluding hydrogens is 304 g/mol. The fraction of sp³-hybridized carbons (Fsp3) is 0.417. The number of nitrogens with one attached hydrogen (secondary N) is 2. The Morgan fingerprint density at radius 2 is 2.24 bits per heavy atom. The zero-order valence-electron chi connectivity index (χ0n) is 9.63. The van der Waals surface area contributed by atoms with Crippen LogP contribution in [-0.2, 0) is 0 Å². The summed E-state index contributed by atoms with van der Waals surface area (Å²) in [6.45, 7) is 4.79. The van der Waals surface area contributed by atoms with Gasteiger partial charge in [-0.05, 0) is 24.6 Å². The Balaban J connectivity index is 0.00000144. The van der Waals surface area contributed by atoms with E-state index in [9.17, 15) is 4.79 Å². The van der Waals surface area contributed by atoms with Gasteiger partial charge in [0.15, 0.2) is 0 Å². The van der Waals surface area contributed by atoms with Crippen molar-refractivity contribution in [3.63, 3.8) is 0 Å². The second-order valence-corrected chi connectivity index (χ2v) is 5.05. The number of hydrogen-bond acceptors (Lipinski definition) is 2. The number of amides is 1. The monoisotopic (exact) mass is 318 g/mol. The van der Waals surface area contributed by atoms with E-state index in [-0.39, 0.29) is 18.3 Å². The molecule has 5 heteroatoms. The Morgan fingerprint density at radius 3 is 2.76 bits per heavy atom. The number of aryl methyl sites for hydroxylation is 1. The van der Waals surface area contributed by atoms with Crippen LogP contribution in [0, 0.1) is 12.8 Å². The van der Waals surface area contributed by atoms with Gasteiger partial charge in [-0.3, -0.25) is 4.79 Å². The van der Waals surface area contributed by atoms with E-state index in [0.717, 1.165) is 29.7 Å². The maximum Gasteiger partial charge on any atom is 0.251 e. The maximum absolute atomic E-state index is 11.8. The molecule has 1 aliphatic rings. The van der Waals surface area contributed by atoms with Crippen LogP contribution in [0.5, 0.6) is 0 Å². The molecule has 0 radical (unpaired) electrons. The lowest BCUT2D eigenvalue weighted by atomic mass is 10.0. The SMILES string of the molecule is Cc1ccc(C(=O)NCC2CNC2)cc1Br.Cl. The minimum atomic E-state index is 0. The number of halogens is 2. The molecule has 0 bridgehead atoms. The highest BCUT2D eigenvalue weighted by atomic mass is 79.9. The lowest BCUT2D eigenvalue weighted by Gasteiger charge is -2.27. The molecule has 1 heterocycles. The van der Waals surface area contributed by atoms with Gasteiger partial charge in [0.25, 0.3) is 5.91 Å². The minimum Gasteiger partial charge on any atom is -0.352 e. The van der Waals surface area contributed by atoms with Crippen LogP contribution in [0.3, 0.4) is 0 Å². The second-order valence-electron chi connectivity index (χ2n) is 4.20. The number of carbonyl (C=O) groups excluding carboxylic acids is 1. The van der Waals surface area contributed by atoms with Crippen LogP contribution < -0.4 is 10.6 Å². The first kappa shape index (κ1) is 14.5. The van der Waals surface area contributed by atoms with Crippen molar-refractivity contribution in [3.8, 4) is 0 Å². The van der Waals surface area contributed by atoms with Crippen molar-refractivity contribution in [2.45, 2.75) is 6.92 Å². The van der Waals surface area contributed by atoms with Crippen LogP contribution in [0.4, 0.5) is 0 Å². The number of benzene rings is 1. The summed E-state index contributed by atoms with van der Waals surface area (Å²) in [7, 11) is 0. The van der Waals surface area contributed by atoms with Gasteiger partial charge in [0.05, 0.1) is 0 Å². The summed E-state index contributed by atoms with van der Waals surface area (Å²) in [5, 5.41) is 6.13. The highest BCUT2D eigenvalue weighted by Crippen LogP contribution is 2.17. The van der Waals surface area contributed by atoms with Gasteiger partial charge in [0.2, 0.25) is 0 Å². The summed E-state index contributed by atoms with van der Waals surface area (Å²) in [4.78, 5) is 11.8. The van der Waals surface area contributed by atoms with Crippen molar-refractivity contribution >= 4 is 34.2 Å². The van der Waals surface area contributed by atoms with E-state index in [1.807, 2.05) is 25.1 Å². The van der Waals surface area contributed by atoms with E-state index >= 15 is 0 Å². The van der Waals surface area contributed by atoms with Gasteiger partial charge in [0, 0.05) is 35.6 Å². The third-order valence-corrected chi connectivity index (χ3v) is 3.71. The molecule has 3 nitrogen and oxygen atoms in total. The topological polar surface area (TPSA) is 41.1 Å². The standard InChI is InChI=1S/C12H15BrN2O.ClH/c1-8-2-3-10(4-11(8)13)12(16)15-7-9-5-14-6-9;/h2-4,9,14H,5-7H2,1H3,(H,15,16);1H. The highest BCUT2D eigenvalue weighted by Gasteiger charge is 2.17. The zero-order chi connectivity index (χ0) is 11.5. The molecule has 0 spiro atoms. The van der Waals surface area contributed by atoms with Gasteiger partial charge in [0.1, 0.15) is 0 Å². The molecule has 0 atom stereocenters. The summed E-state index contributed by atoms with van der Waals surface area (Å²) in [6, 6.07) is 5.67. The van der Waals surface area contributed by atoms with Crippen LogP contribution in [0.25, 0.3) is 0 Å². The predicted octanol–water partition coefficient (Wildman–Crippen LogP) is 2.13. The Morgan fingerprint density at radius 1 is 1.53 bits per heavy atom. The van der Waals surface area contributed by atoms with E-state index in [0.29, 0.717) is 11.5 Å². The average molecular weight is 320 g/mol. The van der Waals surface area contributed by atoms with Gasteiger partial charge in [-0.15, -0.1) is 12.4 Å². The van der Waals surface area contributed by atoms with Crippen LogP contribution in [-0.4, -0.2) is 25.5 Å². The summed E-state index contributed by atoms with van der Waals surface area (Å²) in [5.41, 5.74) is 1.85. The molecule has 1 amide bonds. The molecule has 2 N–H and O–H groups in total. The normalized spacial score (nSPS) is 14.7.